The van der Waals surface area contributed by atoms with Gasteiger partial charge in [0.25, 0.3) is 0 Å². The van der Waals surface area contributed by atoms with Crippen molar-refractivity contribution in [2.75, 3.05) is 0 Å². The summed E-state index contributed by atoms with van der Waals surface area (Å²) in [5, 5.41) is 30.3. The molecular formula is C111H72ClN5. The Hall–Kier alpha value is -14.2. The van der Waals surface area contributed by atoms with E-state index in [-0.39, 0.29) is 16.1 Å². The third-order valence-corrected chi connectivity index (χ3v) is 26.4. The lowest BCUT2D eigenvalue weighted by atomic mass is 9.81. The maximum Gasteiger partial charge on any atom is 0.235 e. The molecule has 20 aromatic carbocycles. The van der Waals surface area contributed by atoms with E-state index in [0.29, 0.717) is 5.95 Å². The standard InChI is InChI=1S/C55H35N3.C34H24.C22H13ClN2/c1-55(2)48-21-11-9-19-41(48)45-29-47-46-28-43-39-17-7-5-15-37(39)38-16-6-8-18-40(38)44(43)30-51(46)58(52(47)31-49(45)55)54-56-50-22-12-10-20-42(50)53(57-54)34-25-26-36-33(27-34)24-23-32-13-3-4-14-35(32)36;1-34(2)32-14-8-7-13-26(32)31-19-28-21(17-33(31)34)15-20-16-29-24-11-5-3-9-22(24)23-10-4-6-12-25(23)30(29)18-27(20)28;23-22-24-20-8-4-3-7-19(20)21(25-22)16-11-12-18-15(13-16)10-9-14-5-1-2-6-17(14)18/h3-31H,1-2H3;3-14,16-19H,15H2,1-2H3;1-13H. The highest BCUT2D eigenvalue weighted by Gasteiger charge is 2.39. The van der Waals surface area contributed by atoms with Gasteiger partial charge in [-0.25, -0.2) is 19.9 Å². The Kier molecular flexibility index (Phi) is 14.6. The van der Waals surface area contributed by atoms with Gasteiger partial charge in [-0.15, -0.1) is 0 Å². The molecule has 0 N–H and O–H groups in total. The molecule has 548 valence electrons. The van der Waals surface area contributed by atoms with E-state index < -0.39 is 0 Å². The molecule has 0 saturated heterocycles. The number of aromatic nitrogens is 5. The van der Waals surface area contributed by atoms with Crippen LogP contribution in [-0.4, -0.2) is 24.5 Å². The van der Waals surface area contributed by atoms with Gasteiger partial charge < -0.3 is 0 Å². The highest BCUT2D eigenvalue weighted by Crippen LogP contribution is 2.55. The first-order valence-corrected chi connectivity index (χ1v) is 40.9. The minimum Gasteiger partial charge on any atom is -0.278 e. The number of benzene rings is 20. The van der Waals surface area contributed by atoms with Crippen LogP contribution in [0.2, 0.25) is 5.28 Å². The van der Waals surface area contributed by atoms with Crippen molar-refractivity contribution in [3.05, 3.63) is 391 Å². The molecule has 0 aliphatic heterocycles. The fourth-order valence-electron chi connectivity index (χ4n) is 20.6. The highest BCUT2D eigenvalue weighted by molar-refractivity contribution is 6.31. The molecule has 23 aromatic rings. The van der Waals surface area contributed by atoms with Gasteiger partial charge in [0, 0.05) is 43.5 Å². The summed E-state index contributed by atoms with van der Waals surface area (Å²) in [5.74, 6) is 0.671. The van der Waals surface area contributed by atoms with Crippen molar-refractivity contribution >= 4 is 163 Å². The average molecular weight is 1510 g/mol. The van der Waals surface area contributed by atoms with Crippen LogP contribution in [0.15, 0.2) is 352 Å². The van der Waals surface area contributed by atoms with Crippen molar-refractivity contribution < 1.29 is 0 Å². The van der Waals surface area contributed by atoms with Gasteiger partial charge >= 0.3 is 0 Å². The predicted molar refractivity (Wildman–Crippen MR) is 494 cm³/mol. The van der Waals surface area contributed by atoms with Crippen LogP contribution >= 0.6 is 11.6 Å². The molecule has 0 unspecified atom stereocenters. The van der Waals surface area contributed by atoms with Crippen LogP contribution in [0.4, 0.5) is 0 Å². The van der Waals surface area contributed by atoms with Gasteiger partial charge in [0.2, 0.25) is 11.2 Å². The van der Waals surface area contributed by atoms with Crippen molar-refractivity contribution in [2.24, 2.45) is 0 Å². The van der Waals surface area contributed by atoms with E-state index in [1.807, 2.05) is 24.3 Å². The summed E-state index contributed by atoms with van der Waals surface area (Å²) in [4.78, 5) is 19.8. The molecule has 117 heavy (non-hydrogen) atoms. The number of hydrogen-bond donors (Lipinski definition) is 0. The molecule has 0 radical (unpaired) electrons. The van der Waals surface area contributed by atoms with E-state index in [9.17, 15) is 0 Å². The molecule has 3 heterocycles. The number of fused-ring (bicyclic) bond motifs is 32. The molecule has 26 rings (SSSR count). The first-order chi connectivity index (χ1) is 57.4. The lowest BCUT2D eigenvalue weighted by molar-refractivity contribution is 0.659. The van der Waals surface area contributed by atoms with Crippen LogP contribution in [0, 0.1) is 0 Å². The third kappa shape index (κ3) is 10.2. The molecule has 0 atom stereocenters. The minimum atomic E-state index is -0.164. The second-order valence-corrected chi connectivity index (χ2v) is 33.5. The number of para-hydroxylation sites is 2. The SMILES string of the molecule is CC1(C)c2ccccc2-c2cc3c(cc21)Cc1cc2c4ccccc4c4ccccc4c2cc1-3.CC1(C)c2ccccc2-c2cc3c4cc5c6ccccc6c6ccccc6c5cc4n(-c4nc(-c5ccc6c(ccc7ccccc76)c5)c5ccccc5n4)c3cc21.Clc1nc(-c2ccc3c(ccc4ccccc43)c2)c2ccccc2n1. The van der Waals surface area contributed by atoms with Gasteiger partial charge in [0.15, 0.2) is 0 Å². The summed E-state index contributed by atoms with van der Waals surface area (Å²) in [6.45, 7) is 9.46. The van der Waals surface area contributed by atoms with Crippen molar-refractivity contribution in [1.82, 2.24) is 24.5 Å². The van der Waals surface area contributed by atoms with E-state index in [0.717, 1.165) is 61.8 Å². The van der Waals surface area contributed by atoms with E-state index in [1.54, 1.807) is 0 Å². The fourth-order valence-corrected chi connectivity index (χ4v) is 20.8. The number of nitrogens with zero attached hydrogens (tertiary/aromatic N) is 5. The van der Waals surface area contributed by atoms with Gasteiger partial charge in [-0.2, -0.15) is 0 Å². The van der Waals surface area contributed by atoms with Crippen molar-refractivity contribution in [1.29, 1.82) is 0 Å². The fraction of sp³-hybridized carbons (Fsp3) is 0.0631. The quantitative estimate of drug-likeness (QED) is 0.131. The summed E-state index contributed by atoms with van der Waals surface area (Å²) in [5.41, 5.74) is 24.6. The molecule has 3 aromatic heterocycles. The van der Waals surface area contributed by atoms with Crippen molar-refractivity contribution in [3.8, 4) is 61.8 Å². The van der Waals surface area contributed by atoms with Gasteiger partial charge in [0.1, 0.15) is 0 Å². The maximum atomic E-state index is 6.15. The van der Waals surface area contributed by atoms with Gasteiger partial charge in [0.05, 0.1) is 33.5 Å². The van der Waals surface area contributed by atoms with Crippen molar-refractivity contribution in [3.63, 3.8) is 0 Å². The zero-order valence-electron chi connectivity index (χ0n) is 64.8. The maximum absolute atomic E-state index is 6.15. The van der Waals surface area contributed by atoms with Crippen LogP contribution in [0.25, 0.3) is 213 Å². The van der Waals surface area contributed by atoms with Crippen LogP contribution < -0.4 is 0 Å². The molecule has 0 fully saturated rings. The summed E-state index contributed by atoms with van der Waals surface area (Å²) < 4.78 is 2.35. The molecular weight excluding hydrogens is 1440 g/mol. The molecule has 5 nitrogen and oxygen atoms in total. The first-order valence-electron chi connectivity index (χ1n) is 40.5. The summed E-state index contributed by atoms with van der Waals surface area (Å²) in [6.07, 6.45) is 1.02. The molecule has 6 heteroatoms. The molecule has 0 bridgehead atoms. The average Bonchev–Trinajstić information content (AvgIpc) is 1.56. The van der Waals surface area contributed by atoms with Gasteiger partial charge in [-0.3, -0.25) is 4.57 Å². The van der Waals surface area contributed by atoms with Gasteiger partial charge in [-0.05, 0) is 259 Å². The smallest absolute Gasteiger partial charge is 0.235 e. The van der Waals surface area contributed by atoms with Crippen LogP contribution in [0.1, 0.15) is 61.1 Å². The Labute approximate surface area is 680 Å². The molecule has 0 amide bonds. The lowest BCUT2D eigenvalue weighted by Gasteiger charge is -2.22. The highest BCUT2D eigenvalue weighted by atomic mass is 35.5. The zero-order chi connectivity index (χ0) is 77.7. The van der Waals surface area contributed by atoms with Gasteiger partial charge in [-0.1, -0.05) is 313 Å². The van der Waals surface area contributed by atoms with Crippen LogP contribution in [-0.2, 0) is 17.3 Å². The molecule has 3 aliphatic carbocycles. The predicted octanol–water partition coefficient (Wildman–Crippen LogP) is 29.7. The number of halogens is 1. The second-order valence-electron chi connectivity index (χ2n) is 33.2. The molecule has 0 spiro atoms. The van der Waals surface area contributed by atoms with E-state index >= 15 is 0 Å². The van der Waals surface area contributed by atoms with E-state index in [4.69, 9.17) is 21.6 Å². The van der Waals surface area contributed by atoms with E-state index in [1.165, 1.54) is 185 Å². The summed E-state index contributed by atoms with van der Waals surface area (Å²) >= 11 is 6.15. The summed E-state index contributed by atoms with van der Waals surface area (Å²) in [6, 6.07) is 128. The van der Waals surface area contributed by atoms with E-state index in [2.05, 4.69) is 370 Å². The lowest BCUT2D eigenvalue weighted by Crippen LogP contribution is -2.15. The topological polar surface area (TPSA) is 56.5 Å². The first kappa shape index (κ1) is 67.3. The zero-order valence-corrected chi connectivity index (χ0v) is 65.6. The Morgan fingerprint density at radius 1 is 0.239 bits per heavy atom. The summed E-state index contributed by atoms with van der Waals surface area (Å²) in [7, 11) is 0. The number of rotatable bonds is 3. The normalized spacial score (nSPS) is 13.4. The Morgan fingerprint density at radius 3 is 1.15 bits per heavy atom. The van der Waals surface area contributed by atoms with Crippen LogP contribution in [0.5, 0.6) is 0 Å². The Bertz CT molecular complexity index is 8330. The third-order valence-electron chi connectivity index (χ3n) is 26.2. The second kappa shape index (κ2) is 25.4. The largest absolute Gasteiger partial charge is 0.278 e. The number of hydrogen-bond acceptors (Lipinski definition) is 4. The minimum absolute atomic E-state index is 0.0485. The Morgan fingerprint density at radius 2 is 0.607 bits per heavy atom. The molecule has 3 aliphatic rings. The Balaban J connectivity index is 0.000000112. The van der Waals surface area contributed by atoms with Crippen molar-refractivity contribution in [2.45, 2.75) is 44.9 Å². The molecule has 0 saturated carbocycles. The monoisotopic (exact) mass is 1510 g/mol. The van der Waals surface area contributed by atoms with Crippen LogP contribution in [0.3, 0.4) is 0 Å².